The number of halogens is 1. The van der Waals surface area contributed by atoms with E-state index in [4.69, 9.17) is 19.6 Å². The van der Waals surface area contributed by atoms with Crippen LogP contribution >= 0.6 is 23.1 Å². The SMILES string of the molecule is C=CC(=O)N1CCC(n2cc(-c3nc(-c4ccc5c(c4)CSC5)c4ccsc4c3-c3ccc(F)cc3OCCOC)cn2)CC1. The lowest BCUT2D eigenvalue weighted by Gasteiger charge is -2.31. The van der Waals surface area contributed by atoms with E-state index in [1.54, 1.807) is 24.5 Å². The molecule has 2 aromatic carbocycles. The number of likely N-dealkylation sites (tertiary alicyclic amines) is 1. The number of carbonyl (C=O) groups is 1. The fourth-order valence-corrected chi connectivity index (χ4v) is 8.27. The minimum absolute atomic E-state index is 0.0341. The number of piperidine rings is 1. The standard InChI is InChI=1S/C35H33FN4O3S2/c1-3-31(41)39-11-8-27(9-12-39)40-19-25(18-37-40)34-32(28-7-6-26(36)17-30(28)43-14-13-42-2)35-29(10-15-45-35)33(38-34)22-4-5-23-20-44-21-24(23)16-22/h3-7,10,15-19,27H,1,8-9,11-14,20-21H2,2H3. The van der Waals surface area contributed by atoms with Crippen LogP contribution in [0.4, 0.5) is 4.39 Å². The Hall–Kier alpha value is -3.99. The summed E-state index contributed by atoms with van der Waals surface area (Å²) in [5, 5.41) is 7.93. The molecule has 0 aliphatic carbocycles. The summed E-state index contributed by atoms with van der Waals surface area (Å²) in [6, 6.07) is 13.6. The molecule has 45 heavy (non-hydrogen) atoms. The number of hydrogen-bond acceptors (Lipinski definition) is 7. The maximum atomic E-state index is 14.6. The summed E-state index contributed by atoms with van der Waals surface area (Å²) >= 11 is 3.57. The molecule has 10 heteroatoms. The first-order chi connectivity index (χ1) is 22.0. The Kier molecular flexibility index (Phi) is 8.44. The number of methoxy groups -OCH3 is 1. The van der Waals surface area contributed by atoms with Gasteiger partial charge in [-0.2, -0.15) is 16.9 Å². The molecule has 5 aromatic rings. The van der Waals surface area contributed by atoms with Crippen LogP contribution in [-0.2, 0) is 21.0 Å². The molecular weight excluding hydrogens is 608 g/mol. The van der Waals surface area contributed by atoms with Crippen LogP contribution in [-0.4, -0.2) is 59.0 Å². The van der Waals surface area contributed by atoms with Crippen molar-refractivity contribution >= 4 is 39.1 Å². The third-order valence-corrected chi connectivity index (χ3v) is 10.5. The van der Waals surface area contributed by atoms with Crippen LogP contribution in [0.3, 0.4) is 0 Å². The monoisotopic (exact) mass is 640 g/mol. The summed E-state index contributed by atoms with van der Waals surface area (Å²) in [7, 11) is 1.61. The first-order valence-electron chi connectivity index (χ1n) is 15.0. The molecule has 0 bridgehead atoms. The highest BCUT2D eigenvalue weighted by Gasteiger charge is 2.26. The number of hydrogen-bond donors (Lipinski definition) is 0. The Balaban J connectivity index is 1.37. The topological polar surface area (TPSA) is 69.5 Å². The predicted molar refractivity (Wildman–Crippen MR) is 179 cm³/mol. The molecule has 1 amide bonds. The van der Waals surface area contributed by atoms with E-state index in [2.05, 4.69) is 42.4 Å². The molecule has 0 unspecified atom stereocenters. The normalized spacial score (nSPS) is 15.0. The van der Waals surface area contributed by atoms with Gasteiger partial charge in [-0.25, -0.2) is 9.37 Å². The summed E-state index contributed by atoms with van der Waals surface area (Å²) in [5.74, 6) is 2.08. The van der Waals surface area contributed by atoms with Gasteiger partial charge in [0.25, 0.3) is 0 Å². The zero-order valence-corrected chi connectivity index (χ0v) is 26.6. The van der Waals surface area contributed by atoms with E-state index in [-0.39, 0.29) is 17.8 Å². The molecule has 0 spiro atoms. The molecule has 3 aromatic heterocycles. The minimum atomic E-state index is -0.371. The average molecular weight is 641 g/mol. The van der Waals surface area contributed by atoms with Crippen molar-refractivity contribution in [2.75, 3.05) is 33.4 Å². The Bertz CT molecular complexity index is 1890. The van der Waals surface area contributed by atoms with Gasteiger partial charge in [-0.1, -0.05) is 18.7 Å². The zero-order valence-electron chi connectivity index (χ0n) is 25.0. The van der Waals surface area contributed by atoms with Gasteiger partial charge >= 0.3 is 0 Å². The first-order valence-corrected chi connectivity index (χ1v) is 17.1. The number of aromatic nitrogens is 3. The largest absolute Gasteiger partial charge is 0.490 e. The van der Waals surface area contributed by atoms with Crippen LogP contribution in [0.1, 0.15) is 30.0 Å². The fourth-order valence-electron chi connectivity index (χ4n) is 6.22. The number of amides is 1. The molecule has 0 N–H and O–H groups in total. The van der Waals surface area contributed by atoms with Crippen LogP contribution in [0.15, 0.2) is 72.9 Å². The van der Waals surface area contributed by atoms with Crippen molar-refractivity contribution in [1.82, 2.24) is 19.7 Å². The van der Waals surface area contributed by atoms with Gasteiger partial charge in [0, 0.05) is 76.3 Å². The highest BCUT2D eigenvalue weighted by Crippen LogP contribution is 2.46. The maximum Gasteiger partial charge on any atom is 0.245 e. The molecule has 2 aliphatic heterocycles. The maximum absolute atomic E-state index is 14.6. The van der Waals surface area contributed by atoms with Crippen molar-refractivity contribution in [2.24, 2.45) is 0 Å². The molecule has 5 heterocycles. The molecule has 2 aliphatic rings. The van der Waals surface area contributed by atoms with Crippen molar-refractivity contribution in [1.29, 1.82) is 0 Å². The molecule has 1 fully saturated rings. The number of benzene rings is 2. The summed E-state index contributed by atoms with van der Waals surface area (Å²) in [5.41, 5.74) is 8.02. The van der Waals surface area contributed by atoms with E-state index in [0.29, 0.717) is 32.1 Å². The number of carbonyl (C=O) groups excluding carboxylic acids is 1. The smallest absolute Gasteiger partial charge is 0.245 e. The number of fused-ring (bicyclic) bond motifs is 2. The Labute approximate surface area is 269 Å². The van der Waals surface area contributed by atoms with E-state index in [0.717, 1.165) is 68.1 Å². The van der Waals surface area contributed by atoms with Crippen molar-refractivity contribution in [2.45, 2.75) is 30.4 Å². The van der Waals surface area contributed by atoms with Crippen LogP contribution in [0.2, 0.25) is 0 Å². The number of pyridine rings is 1. The second-order valence-electron chi connectivity index (χ2n) is 11.3. The van der Waals surface area contributed by atoms with E-state index in [1.165, 1.54) is 29.3 Å². The van der Waals surface area contributed by atoms with Crippen molar-refractivity contribution < 1.29 is 18.7 Å². The third kappa shape index (κ3) is 5.78. The molecule has 0 radical (unpaired) electrons. The van der Waals surface area contributed by atoms with Gasteiger partial charge in [0.05, 0.1) is 30.2 Å². The van der Waals surface area contributed by atoms with E-state index in [1.807, 2.05) is 27.5 Å². The molecular formula is C35H33FN4O3S2. The summed E-state index contributed by atoms with van der Waals surface area (Å²) in [6.07, 6.45) is 6.90. The number of thioether (sulfide) groups is 1. The fraction of sp³-hybridized carbons (Fsp3) is 0.286. The van der Waals surface area contributed by atoms with Gasteiger partial charge in [-0.05, 0) is 59.7 Å². The van der Waals surface area contributed by atoms with Crippen LogP contribution in [0, 0.1) is 5.82 Å². The van der Waals surface area contributed by atoms with E-state index < -0.39 is 0 Å². The second-order valence-corrected chi connectivity index (χ2v) is 13.2. The summed E-state index contributed by atoms with van der Waals surface area (Å²) < 4.78 is 28.9. The predicted octanol–water partition coefficient (Wildman–Crippen LogP) is 7.75. The second kappa shape index (κ2) is 12.8. The van der Waals surface area contributed by atoms with Crippen LogP contribution in [0.25, 0.3) is 43.7 Å². The van der Waals surface area contributed by atoms with E-state index >= 15 is 0 Å². The summed E-state index contributed by atoms with van der Waals surface area (Å²) in [4.78, 5) is 19.4. The van der Waals surface area contributed by atoms with Gasteiger partial charge in [0.15, 0.2) is 0 Å². The van der Waals surface area contributed by atoms with Crippen LogP contribution in [0.5, 0.6) is 5.75 Å². The number of thiophene rings is 1. The van der Waals surface area contributed by atoms with Gasteiger partial charge < -0.3 is 14.4 Å². The lowest BCUT2D eigenvalue weighted by molar-refractivity contribution is -0.127. The quantitative estimate of drug-likeness (QED) is 0.121. The number of nitrogens with zero attached hydrogens (tertiary/aromatic N) is 4. The van der Waals surface area contributed by atoms with Crippen molar-refractivity contribution in [3.8, 4) is 39.4 Å². The lowest BCUT2D eigenvalue weighted by Crippen LogP contribution is -2.38. The first kappa shape index (κ1) is 29.7. The van der Waals surface area contributed by atoms with E-state index in [9.17, 15) is 9.18 Å². The highest BCUT2D eigenvalue weighted by atomic mass is 32.2. The Morgan fingerprint density at radius 1 is 1.07 bits per heavy atom. The molecule has 1 saturated heterocycles. The Morgan fingerprint density at radius 3 is 2.73 bits per heavy atom. The molecule has 0 atom stereocenters. The molecule has 0 saturated carbocycles. The van der Waals surface area contributed by atoms with Gasteiger partial charge in [-0.15, -0.1) is 11.3 Å². The molecule has 7 rings (SSSR count). The van der Waals surface area contributed by atoms with Gasteiger partial charge in [0.1, 0.15) is 18.2 Å². The highest BCUT2D eigenvalue weighted by molar-refractivity contribution is 7.98. The summed E-state index contributed by atoms with van der Waals surface area (Å²) in [6.45, 7) is 5.62. The average Bonchev–Trinajstić information content (AvgIpc) is 3.85. The Morgan fingerprint density at radius 2 is 1.91 bits per heavy atom. The lowest BCUT2D eigenvalue weighted by atomic mass is 9.95. The van der Waals surface area contributed by atoms with Crippen LogP contribution < -0.4 is 4.74 Å². The van der Waals surface area contributed by atoms with Gasteiger partial charge in [-0.3, -0.25) is 9.48 Å². The van der Waals surface area contributed by atoms with Crippen molar-refractivity contribution in [3.05, 3.63) is 89.8 Å². The number of ether oxygens (including phenoxy) is 2. The molecule has 7 nitrogen and oxygen atoms in total. The van der Waals surface area contributed by atoms with Gasteiger partial charge in [0.2, 0.25) is 5.91 Å². The van der Waals surface area contributed by atoms with Crippen molar-refractivity contribution in [3.63, 3.8) is 0 Å². The zero-order chi connectivity index (χ0) is 30.9. The third-order valence-electron chi connectivity index (χ3n) is 8.56. The molecule has 230 valence electrons. The minimum Gasteiger partial charge on any atom is -0.490 e. The number of rotatable bonds is 9.